The van der Waals surface area contributed by atoms with Crippen molar-refractivity contribution in [1.29, 1.82) is 5.26 Å². The van der Waals surface area contributed by atoms with Gasteiger partial charge in [0.1, 0.15) is 5.25 Å². The number of nitrogens with zero attached hydrogens (tertiary/aromatic N) is 3. The molecule has 2 aliphatic heterocycles. The molecule has 1 aromatic rings. The van der Waals surface area contributed by atoms with E-state index < -0.39 is 6.10 Å². The fraction of sp³-hybridized carbons (Fsp3) is 0.556. The summed E-state index contributed by atoms with van der Waals surface area (Å²) in [5.74, 6) is 0. The van der Waals surface area contributed by atoms with Gasteiger partial charge in [-0.3, -0.25) is 9.89 Å². The van der Waals surface area contributed by atoms with Crippen LogP contribution in [0, 0.1) is 11.3 Å². The molecule has 0 aliphatic carbocycles. The van der Waals surface area contributed by atoms with E-state index in [0.29, 0.717) is 13.0 Å². The second-order valence-corrected chi connectivity index (χ2v) is 7.32. The molecule has 2 heterocycles. The maximum Gasteiger partial charge on any atom is 0.100 e. The summed E-state index contributed by atoms with van der Waals surface area (Å²) in [6, 6.07) is 10.6. The predicted molar refractivity (Wildman–Crippen MR) is 96.4 cm³/mol. The summed E-state index contributed by atoms with van der Waals surface area (Å²) in [4.78, 5) is 6.80. The highest BCUT2D eigenvalue weighted by Gasteiger charge is 2.23. The third-order valence-electron chi connectivity index (χ3n) is 4.34. The van der Waals surface area contributed by atoms with Crippen LogP contribution in [0.1, 0.15) is 17.5 Å². The highest BCUT2D eigenvalue weighted by molar-refractivity contribution is 8.15. The Morgan fingerprint density at radius 2 is 2.12 bits per heavy atom. The van der Waals surface area contributed by atoms with Gasteiger partial charge in [-0.25, -0.2) is 0 Å². The van der Waals surface area contributed by atoms with Gasteiger partial charge in [-0.1, -0.05) is 36.0 Å². The number of aliphatic hydroxyl groups excluding tert-OH is 1. The molecule has 0 bridgehead atoms. The van der Waals surface area contributed by atoms with Gasteiger partial charge in [0.15, 0.2) is 0 Å². The lowest BCUT2D eigenvalue weighted by Gasteiger charge is -2.29. The summed E-state index contributed by atoms with van der Waals surface area (Å²) in [5, 5.41) is 20.5. The van der Waals surface area contributed by atoms with Crippen molar-refractivity contribution in [3.05, 3.63) is 35.4 Å². The Labute approximate surface area is 147 Å². The van der Waals surface area contributed by atoms with Gasteiger partial charge < -0.3 is 9.84 Å². The molecule has 128 valence electrons. The van der Waals surface area contributed by atoms with Crippen LogP contribution in [0.15, 0.2) is 29.3 Å². The van der Waals surface area contributed by atoms with Gasteiger partial charge >= 0.3 is 0 Å². The molecule has 1 aromatic carbocycles. The second-order valence-electron chi connectivity index (χ2n) is 6.13. The van der Waals surface area contributed by atoms with Crippen molar-refractivity contribution >= 4 is 16.8 Å². The number of nitriles is 1. The van der Waals surface area contributed by atoms with E-state index in [2.05, 4.69) is 28.1 Å². The van der Waals surface area contributed by atoms with Crippen molar-refractivity contribution in [2.75, 3.05) is 39.4 Å². The van der Waals surface area contributed by atoms with Crippen LogP contribution >= 0.6 is 11.8 Å². The van der Waals surface area contributed by atoms with Crippen LogP contribution in [0.2, 0.25) is 0 Å². The molecule has 1 fully saturated rings. The molecule has 2 atom stereocenters. The highest BCUT2D eigenvalue weighted by atomic mass is 32.2. The normalized spacial score (nSPS) is 20.6. The Morgan fingerprint density at radius 1 is 1.33 bits per heavy atom. The molecule has 0 aromatic heterocycles. The minimum atomic E-state index is -0.500. The number of morpholine rings is 1. The first-order chi connectivity index (χ1) is 11.8. The number of aliphatic imine (C=N–C) groups is 1. The van der Waals surface area contributed by atoms with Crippen LogP contribution in [0.3, 0.4) is 0 Å². The average Bonchev–Trinajstić information content (AvgIpc) is 2.62. The van der Waals surface area contributed by atoms with E-state index in [1.165, 1.54) is 17.3 Å². The molecule has 2 aliphatic rings. The van der Waals surface area contributed by atoms with Crippen LogP contribution in [0.5, 0.6) is 0 Å². The molecule has 0 amide bonds. The lowest BCUT2D eigenvalue weighted by Crippen LogP contribution is -2.41. The van der Waals surface area contributed by atoms with Crippen LogP contribution in [-0.2, 0) is 11.2 Å². The van der Waals surface area contributed by atoms with Crippen molar-refractivity contribution in [3.8, 4) is 6.07 Å². The van der Waals surface area contributed by atoms with E-state index in [0.717, 1.165) is 49.9 Å². The van der Waals surface area contributed by atoms with E-state index in [1.54, 1.807) is 0 Å². The maximum atomic E-state index is 10.3. The molecule has 0 spiro atoms. The van der Waals surface area contributed by atoms with Crippen LogP contribution in [-0.4, -0.2) is 65.8 Å². The van der Waals surface area contributed by atoms with Gasteiger partial charge in [-0.05, 0) is 18.4 Å². The van der Waals surface area contributed by atoms with E-state index >= 15 is 0 Å². The number of hydrogen-bond acceptors (Lipinski definition) is 6. The summed E-state index contributed by atoms with van der Waals surface area (Å²) >= 11 is 1.48. The number of thioether (sulfide) groups is 1. The van der Waals surface area contributed by atoms with Crippen molar-refractivity contribution in [1.82, 2.24) is 4.90 Å². The fourth-order valence-electron chi connectivity index (χ4n) is 3.08. The van der Waals surface area contributed by atoms with Gasteiger partial charge in [0.05, 0.1) is 30.4 Å². The summed E-state index contributed by atoms with van der Waals surface area (Å²) < 4.78 is 5.32. The summed E-state index contributed by atoms with van der Waals surface area (Å²) in [6.45, 7) is 4.51. The van der Waals surface area contributed by atoms with Gasteiger partial charge in [0.25, 0.3) is 0 Å². The zero-order valence-electron chi connectivity index (χ0n) is 13.7. The van der Waals surface area contributed by atoms with Crippen molar-refractivity contribution in [3.63, 3.8) is 0 Å². The van der Waals surface area contributed by atoms with E-state index in [-0.39, 0.29) is 5.25 Å². The maximum absolute atomic E-state index is 10.3. The molecule has 0 saturated carbocycles. The smallest absolute Gasteiger partial charge is 0.100 e. The van der Waals surface area contributed by atoms with Gasteiger partial charge in [0.2, 0.25) is 0 Å². The number of fused-ring (bicyclic) bond motifs is 1. The Balaban J connectivity index is 1.57. The van der Waals surface area contributed by atoms with Crippen LogP contribution < -0.4 is 0 Å². The molecular weight excluding hydrogens is 322 g/mol. The average molecular weight is 345 g/mol. The number of β-amino-alcohol motifs (C(OH)–C–C–N with tert-alkyl or cyclic N) is 1. The van der Waals surface area contributed by atoms with Crippen molar-refractivity contribution in [2.45, 2.75) is 24.2 Å². The number of hydrogen-bond donors (Lipinski definition) is 1. The zero-order chi connectivity index (χ0) is 16.8. The third-order valence-corrected chi connectivity index (χ3v) is 5.50. The molecule has 6 heteroatoms. The lowest BCUT2D eigenvalue weighted by molar-refractivity contribution is 0.0137. The van der Waals surface area contributed by atoms with E-state index in [9.17, 15) is 10.4 Å². The zero-order valence-corrected chi connectivity index (χ0v) is 14.5. The SMILES string of the molecule is N#CC(CC(O)CN1CCOCC1)SC1=NCCc2ccccc21. The van der Waals surface area contributed by atoms with Crippen molar-refractivity contribution < 1.29 is 9.84 Å². The van der Waals surface area contributed by atoms with Gasteiger partial charge in [0, 0.05) is 31.7 Å². The monoisotopic (exact) mass is 345 g/mol. The topological polar surface area (TPSA) is 68.8 Å². The Kier molecular flexibility index (Phi) is 6.27. The summed E-state index contributed by atoms with van der Waals surface area (Å²) in [6.07, 6.45) is 0.913. The van der Waals surface area contributed by atoms with Crippen LogP contribution in [0.25, 0.3) is 0 Å². The second kappa shape index (κ2) is 8.63. The molecule has 0 radical (unpaired) electrons. The molecular formula is C18H23N3O2S. The highest BCUT2D eigenvalue weighted by Crippen LogP contribution is 2.27. The molecule has 3 rings (SSSR count). The minimum Gasteiger partial charge on any atom is -0.392 e. The Hall–Kier alpha value is -1.39. The van der Waals surface area contributed by atoms with Crippen molar-refractivity contribution in [2.24, 2.45) is 4.99 Å². The van der Waals surface area contributed by atoms with E-state index in [4.69, 9.17) is 4.74 Å². The minimum absolute atomic E-state index is 0.286. The molecule has 2 unspecified atom stereocenters. The molecule has 24 heavy (non-hydrogen) atoms. The third kappa shape index (κ3) is 4.58. The first-order valence-corrected chi connectivity index (χ1v) is 9.31. The largest absolute Gasteiger partial charge is 0.392 e. The first kappa shape index (κ1) is 17.4. The summed E-state index contributed by atoms with van der Waals surface area (Å²) in [5.41, 5.74) is 2.43. The van der Waals surface area contributed by atoms with Gasteiger partial charge in [-0.2, -0.15) is 5.26 Å². The standard InChI is InChI=1S/C18H23N3O2S/c19-12-16(11-15(22)13-21-7-9-23-10-8-21)24-18-17-4-2-1-3-14(17)5-6-20-18/h1-4,15-16,22H,5-11,13H2. The summed E-state index contributed by atoms with van der Waals surface area (Å²) in [7, 11) is 0. The predicted octanol–water partition coefficient (Wildman–Crippen LogP) is 1.70. The molecule has 5 nitrogen and oxygen atoms in total. The Bertz CT molecular complexity index is 623. The van der Waals surface area contributed by atoms with E-state index in [1.807, 2.05) is 12.1 Å². The number of benzene rings is 1. The lowest BCUT2D eigenvalue weighted by atomic mass is 10.0. The Morgan fingerprint density at radius 3 is 2.92 bits per heavy atom. The first-order valence-electron chi connectivity index (χ1n) is 8.43. The fourth-order valence-corrected chi connectivity index (χ4v) is 4.21. The number of rotatable bonds is 5. The van der Waals surface area contributed by atoms with Crippen LogP contribution in [0.4, 0.5) is 0 Å². The molecule has 1 N–H and O–H groups in total. The number of aliphatic hydroxyl groups is 1. The van der Waals surface area contributed by atoms with Gasteiger partial charge in [-0.15, -0.1) is 0 Å². The quantitative estimate of drug-likeness (QED) is 0.880. The molecule has 1 saturated heterocycles. The number of ether oxygens (including phenoxy) is 1.